The van der Waals surface area contributed by atoms with Crippen molar-refractivity contribution in [3.63, 3.8) is 0 Å². The Bertz CT molecular complexity index is 127. The van der Waals surface area contributed by atoms with Crippen LogP contribution in [0.2, 0.25) is 0 Å². The van der Waals surface area contributed by atoms with Crippen LogP contribution < -0.4 is 0 Å². The van der Waals surface area contributed by atoms with Crippen LogP contribution in [0.1, 0.15) is 6.42 Å². The van der Waals surface area contributed by atoms with Crippen molar-refractivity contribution in [3.8, 4) is 0 Å². The van der Waals surface area contributed by atoms with Crippen LogP contribution in [0.25, 0.3) is 0 Å². The predicted molar refractivity (Wildman–Crippen MR) is 31.6 cm³/mol. The second-order valence-electron chi connectivity index (χ2n) is 2.64. The third-order valence-corrected chi connectivity index (χ3v) is 2.06. The van der Waals surface area contributed by atoms with Gasteiger partial charge in [-0.1, -0.05) is 0 Å². The van der Waals surface area contributed by atoms with E-state index in [4.69, 9.17) is 14.7 Å². The van der Waals surface area contributed by atoms with Crippen molar-refractivity contribution in [2.24, 2.45) is 0 Å². The monoisotopic (exact) mass is 146 g/mol. The molecule has 2 fully saturated rings. The molecule has 0 bridgehead atoms. The molecular formula is C6H10O4. The Morgan fingerprint density at radius 2 is 2.30 bits per heavy atom. The van der Waals surface area contributed by atoms with E-state index >= 15 is 0 Å². The van der Waals surface area contributed by atoms with Gasteiger partial charge in [0.05, 0.1) is 12.7 Å². The predicted octanol–water partition coefficient (Wildman–Crippen LogP) is 0.0323. The molecule has 0 aromatic carbocycles. The summed E-state index contributed by atoms with van der Waals surface area (Å²) in [5, 5.41) is 8.35. The summed E-state index contributed by atoms with van der Waals surface area (Å²) in [6.45, 7) is 1.17. The summed E-state index contributed by atoms with van der Waals surface area (Å²) >= 11 is 0. The first kappa shape index (κ1) is 6.54. The zero-order chi connectivity index (χ0) is 6.97. The normalized spacial score (nSPS) is 45.9. The zero-order valence-corrected chi connectivity index (χ0v) is 5.53. The van der Waals surface area contributed by atoms with Gasteiger partial charge in [-0.2, -0.15) is 0 Å². The van der Waals surface area contributed by atoms with Crippen LogP contribution in [-0.2, 0) is 14.4 Å². The average Bonchev–Trinajstić information content (AvgIpc) is 2.44. The van der Waals surface area contributed by atoms with E-state index in [1.807, 2.05) is 0 Å². The lowest BCUT2D eigenvalue weighted by Gasteiger charge is -2.10. The minimum absolute atomic E-state index is 0.0370. The molecule has 0 spiro atoms. The van der Waals surface area contributed by atoms with Gasteiger partial charge in [0.1, 0.15) is 12.2 Å². The Kier molecular flexibility index (Phi) is 1.61. The van der Waals surface area contributed by atoms with E-state index in [0.29, 0.717) is 6.61 Å². The number of hydrogen-bond acceptors (Lipinski definition) is 4. The van der Waals surface area contributed by atoms with E-state index in [-0.39, 0.29) is 18.3 Å². The Morgan fingerprint density at radius 1 is 1.40 bits per heavy atom. The van der Waals surface area contributed by atoms with Crippen LogP contribution in [0.3, 0.4) is 0 Å². The second-order valence-corrected chi connectivity index (χ2v) is 2.64. The molecule has 2 saturated heterocycles. The summed E-state index contributed by atoms with van der Waals surface area (Å²) in [7, 11) is 0. The number of rotatable bonds is 1. The molecule has 2 aliphatic rings. The first-order chi connectivity index (χ1) is 4.92. The van der Waals surface area contributed by atoms with Crippen LogP contribution >= 0.6 is 0 Å². The first-order valence-corrected chi connectivity index (χ1v) is 3.45. The van der Waals surface area contributed by atoms with Crippen LogP contribution in [0.4, 0.5) is 0 Å². The first-order valence-electron chi connectivity index (χ1n) is 3.45. The van der Waals surface area contributed by atoms with Crippen molar-refractivity contribution in [2.75, 3.05) is 13.2 Å². The molecule has 2 aliphatic heterocycles. The van der Waals surface area contributed by atoms with E-state index < -0.39 is 0 Å². The Labute approximate surface area is 58.6 Å². The highest BCUT2D eigenvalue weighted by atomic mass is 17.1. The highest BCUT2D eigenvalue weighted by Gasteiger charge is 2.42. The fourth-order valence-corrected chi connectivity index (χ4v) is 1.52. The number of fused-ring (bicyclic) bond motifs is 1. The lowest BCUT2D eigenvalue weighted by Crippen LogP contribution is -2.28. The van der Waals surface area contributed by atoms with Crippen LogP contribution in [-0.4, -0.2) is 36.8 Å². The van der Waals surface area contributed by atoms with Gasteiger partial charge in [-0.05, 0) is 6.42 Å². The molecule has 0 amide bonds. The van der Waals surface area contributed by atoms with Crippen molar-refractivity contribution < 1.29 is 19.6 Å². The number of hydrogen-bond donors (Lipinski definition) is 1. The maximum atomic E-state index is 8.35. The molecule has 0 aromatic rings. The van der Waals surface area contributed by atoms with Crippen molar-refractivity contribution in [1.29, 1.82) is 0 Å². The van der Waals surface area contributed by atoms with Gasteiger partial charge in [0.2, 0.25) is 0 Å². The lowest BCUT2D eigenvalue weighted by atomic mass is 10.1. The van der Waals surface area contributed by atoms with Crippen LogP contribution in [0.15, 0.2) is 0 Å². The van der Waals surface area contributed by atoms with Gasteiger partial charge in [-0.15, -0.1) is 0 Å². The summed E-state index contributed by atoms with van der Waals surface area (Å²) < 4.78 is 10.5. The molecule has 1 N–H and O–H groups in total. The molecule has 0 saturated carbocycles. The molecule has 0 aliphatic carbocycles. The molecule has 0 radical (unpaired) electrons. The number of ether oxygens (including phenoxy) is 2. The fourth-order valence-electron chi connectivity index (χ4n) is 1.52. The van der Waals surface area contributed by atoms with Crippen LogP contribution in [0, 0.1) is 0 Å². The maximum Gasteiger partial charge on any atom is 0.144 e. The Morgan fingerprint density at radius 3 is 3.10 bits per heavy atom. The summed E-state index contributed by atoms with van der Waals surface area (Å²) in [6, 6.07) is 0. The van der Waals surface area contributed by atoms with Gasteiger partial charge in [0.25, 0.3) is 0 Å². The van der Waals surface area contributed by atoms with Gasteiger partial charge in [0, 0.05) is 6.61 Å². The molecular weight excluding hydrogens is 136 g/mol. The fraction of sp³-hybridized carbons (Fsp3) is 1.00. The molecule has 2 heterocycles. The molecule has 10 heavy (non-hydrogen) atoms. The lowest BCUT2D eigenvalue weighted by molar-refractivity contribution is -0.291. The van der Waals surface area contributed by atoms with Crippen LogP contribution in [0.5, 0.6) is 0 Å². The summed E-state index contributed by atoms with van der Waals surface area (Å²) in [5.74, 6) is 0. The second kappa shape index (κ2) is 2.47. The Balaban J connectivity index is 2.01. The summed E-state index contributed by atoms with van der Waals surface area (Å²) in [5.41, 5.74) is 0. The molecule has 4 heteroatoms. The minimum Gasteiger partial charge on any atom is -0.372 e. The van der Waals surface area contributed by atoms with E-state index in [1.165, 1.54) is 0 Å². The molecule has 3 atom stereocenters. The molecule has 3 unspecified atom stereocenters. The van der Waals surface area contributed by atoms with Gasteiger partial charge >= 0.3 is 0 Å². The van der Waals surface area contributed by atoms with E-state index in [9.17, 15) is 0 Å². The minimum atomic E-state index is -0.271. The quantitative estimate of drug-likeness (QED) is 0.419. The topological polar surface area (TPSA) is 47.9 Å². The summed E-state index contributed by atoms with van der Waals surface area (Å²) in [4.78, 5) is 4.18. The van der Waals surface area contributed by atoms with Crippen molar-refractivity contribution in [1.82, 2.24) is 0 Å². The molecule has 58 valence electrons. The smallest absolute Gasteiger partial charge is 0.144 e. The van der Waals surface area contributed by atoms with Crippen molar-refractivity contribution in [3.05, 3.63) is 0 Å². The SMILES string of the molecule is OOC1COC2CCOC12. The van der Waals surface area contributed by atoms with Crippen molar-refractivity contribution in [2.45, 2.75) is 24.7 Å². The third-order valence-electron chi connectivity index (χ3n) is 2.06. The van der Waals surface area contributed by atoms with Crippen molar-refractivity contribution >= 4 is 0 Å². The summed E-state index contributed by atoms with van der Waals surface area (Å²) in [6.07, 6.45) is 0.763. The van der Waals surface area contributed by atoms with Gasteiger partial charge in [-0.3, -0.25) is 5.26 Å². The standard InChI is InChI=1S/C6H10O4/c7-10-5-3-9-4-1-2-8-6(4)5/h4-7H,1-3H2. The van der Waals surface area contributed by atoms with E-state index in [2.05, 4.69) is 4.89 Å². The van der Waals surface area contributed by atoms with E-state index in [1.54, 1.807) is 0 Å². The maximum absolute atomic E-state index is 8.35. The van der Waals surface area contributed by atoms with Gasteiger partial charge in [-0.25, -0.2) is 4.89 Å². The zero-order valence-electron chi connectivity index (χ0n) is 5.53. The highest BCUT2D eigenvalue weighted by Crippen LogP contribution is 2.27. The largest absolute Gasteiger partial charge is 0.372 e. The molecule has 2 rings (SSSR count). The van der Waals surface area contributed by atoms with Gasteiger partial charge < -0.3 is 9.47 Å². The molecule has 0 aromatic heterocycles. The Hall–Kier alpha value is -0.160. The third kappa shape index (κ3) is 0.845. The molecule has 4 nitrogen and oxygen atoms in total. The highest BCUT2D eigenvalue weighted by molar-refractivity contribution is 4.88. The van der Waals surface area contributed by atoms with Gasteiger partial charge in [0.15, 0.2) is 0 Å². The van der Waals surface area contributed by atoms with E-state index in [0.717, 1.165) is 13.0 Å². The average molecular weight is 146 g/mol.